The van der Waals surface area contributed by atoms with Crippen LogP contribution in [0.2, 0.25) is 5.02 Å². The van der Waals surface area contributed by atoms with Gasteiger partial charge in [0.25, 0.3) is 0 Å². The number of nitrogens with zero attached hydrogens (tertiary/aromatic N) is 1. The third kappa shape index (κ3) is 4.16. The smallest absolute Gasteiger partial charge is 0.409 e. The molecule has 1 aliphatic rings. The Bertz CT molecular complexity index is 607. The van der Waals surface area contributed by atoms with Crippen LogP contribution < -0.4 is 0 Å². The fourth-order valence-corrected chi connectivity index (χ4v) is 2.91. The van der Waals surface area contributed by atoms with Crippen LogP contribution in [0, 0.1) is 11.8 Å². The van der Waals surface area contributed by atoms with Gasteiger partial charge in [0.1, 0.15) is 5.60 Å². The zero-order valence-corrected chi connectivity index (χ0v) is 13.6. The molecule has 1 aliphatic carbocycles. The van der Waals surface area contributed by atoms with Gasteiger partial charge in [0.15, 0.2) is 0 Å². The number of hydrogen-bond acceptors (Lipinski definition) is 3. The quantitative estimate of drug-likeness (QED) is 0.809. The van der Waals surface area contributed by atoms with Gasteiger partial charge < -0.3 is 14.7 Å². The zero-order chi connectivity index (χ0) is 16.2. The Morgan fingerprint density at radius 3 is 3.00 bits per heavy atom. The third-order valence-corrected chi connectivity index (χ3v) is 4.21. The highest BCUT2D eigenvalue weighted by atomic mass is 35.5. The molecule has 0 heterocycles. The second-order valence-electron chi connectivity index (χ2n) is 5.62. The van der Waals surface area contributed by atoms with E-state index in [4.69, 9.17) is 16.3 Å². The standard InChI is InChI=1S/C17H20ClNO3/c1-19(16(20)22-2)15-7-4-9-17(21,12-15)10-8-13-5-3-6-14(18)11-13/h3,5-6,11,15,21H,4,7,9,12H2,1-2H3. The van der Waals surface area contributed by atoms with Gasteiger partial charge in [-0.2, -0.15) is 0 Å². The van der Waals surface area contributed by atoms with E-state index in [1.807, 2.05) is 12.1 Å². The van der Waals surface area contributed by atoms with Crippen molar-refractivity contribution in [2.24, 2.45) is 0 Å². The lowest BCUT2D eigenvalue weighted by atomic mass is 9.81. The predicted octanol–water partition coefficient (Wildman–Crippen LogP) is 3.06. The molecule has 0 spiro atoms. The molecule has 1 aromatic rings. The zero-order valence-electron chi connectivity index (χ0n) is 12.8. The Balaban J connectivity index is 2.11. The first kappa shape index (κ1) is 16.7. The third-order valence-electron chi connectivity index (χ3n) is 3.98. The number of rotatable bonds is 1. The summed E-state index contributed by atoms with van der Waals surface area (Å²) in [4.78, 5) is 13.1. The van der Waals surface area contributed by atoms with Crippen molar-refractivity contribution in [2.45, 2.75) is 37.3 Å². The van der Waals surface area contributed by atoms with Crippen LogP contribution in [0.5, 0.6) is 0 Å². The average Bonchev–Trinajstić information content (AvgIpc) is 2.52. The van der Waals surface area contributed by atoms with Crippen molar-refractivity contribution in [3.63, 3.8) is 0 Å². The minimum absolute atomic E-state index is 0.0696. The summed E-state index contributed by atoms with van der Waals surface area (Å²) < 4.78 is 4.73. The summed E-state index contributed by atoms with van der Waals surface area (Å²) in [5, 5.41) is 11.3. The molecule has 2 unspecified atom stereocenters. The number of methoxy groups -OCH3 is 1. The molecule has 1 aromatic carbocycles. The van der Waals surface area contributed by atoms with E-state index in [9.17, 15) is 9.90 Å². The number of hydrogen-bond donors (Lipinski definition) is 1. The molecule has 2 atom stereocenters. The van der Waals surface area contributed by atoms with Crippen LogP contribution in [0.1, 0.15) is 31.2 Å². The van der Waals surface area contributed by atoms with Crippen LogP contribution in [0.4, 0.5) is 4.79 Å². The first-order valence-corrected chi connectivity index (χ1v) is 7.63. The maximum Gasteiger partial charge on any atom is 0.409 e. The fourth-order valence-electron chi connectivity index (χ4n) is 2.72. The van der Waals surface area contributed by atoms with Crippen LogP contribution in [0.15, 0.2) is 24.3 Å². The molecule has 0 radical (unpaired) electrons. The fraction of sp³-hybridized carbons (Fsp3) is 0.471. The molecule has 118 valence electrons. The Labute approximate surface area is 136 Å². The van der Waals surface area contributed by atoms with Gasteiger partial charge in [-0.15, -0.1) is 0 Å². The van der Waals surface area contributed by atoms with Gasteiger partial charge in [-0.1, -0.05) is 29.5 Å². The molecular formula is C17H20ClNO3. The maximum absolute atomic E-state index is 11.6. The summed E-state index contributed by atoms with van der Waals surface area (Å²) >= 11 is 5.93. The average molecular weight is 322 g/mol. The van der Waals surface area contributed by atoms with Crippen molar-refractivity contribution in [2.75, 3.05) is 14.2 Å². The van der Waals surface area contributed by atoms with Crippen molar-refractivity contribution in [1.82, 2.24) is 4.90 Å². The SMILES string of the molecule is COC(=O)N(C)C1CCCC(O)(C#Cc2cccc(Cl)c2)C1. The maximum atomic E-state index is 11.6. The van der Waals surface area contributed by atoms with Crippen LogP contribution in [-0.2, 0) is 4.74 Å². The summed E-state index contributed by atoms with van der Waals surface area (Å²) in [6, 6.07) is 7.15. The molecule has 5 heteroatoms. The van der Waals surface area contributed by atoms with Crippen LogP contribution in [0.25, 0.3) is 0 Å². The van der Waals surface area contributed by atoms with Crippen molar-refractivity contribution in [3.8, 4) is 11.8 Å². The molecule has 2 rings (SSSR count). The number of halogens is 1. The second kappa shape index (κ2) is 7.04. The molecule has 0 saturated heterocycles. The molecule has 1 saturated carbocycles. The number of carbonyl (C=O) groups is 1. The predicted molar refractivity (Wildman–Crippen MR) is 85.7 cm³/mol. The lowest BCUT2D eigenvalue weighted by Crippen LogP contribution is -2.46. The Morgan fingerprint density at radius 2 is 2.32 bits per heavy atom. The molecule has 4 nitrogen and oxygen atoms in total. The van der Waals surface area contributed by atoms with Crippen LogP contribution in [0.3, 0.4) is 0 Å². The van der Waals surface area contributed by atoms with E-state index in [0.717, 1.165) is 18.4 Å². The molecule has 0 aliphatic heterocycles. The van der Waals surface area contributed by atoms with Gasteiger partial charge in [-0.05, 0) is 37.5 Å². The topological polar surface area (TPSA) is 49.8 Å². The minimum atomic E-state index is -1.09. The van der Waals surface area contributed by atoms with Crippen LogP contribution >= 0.6 is 11.6 Å². The second-order valence-corrected chi connectivity index (χ2v) is 6.06. The lowest BCUT2D eigenvalue weighted by Gasteiger charge is -2.37. The monoisotopic (exact) mass is 321 g/mol. The molecular weight excluding hydrogens is 302 g/mol. The molecule has 22 heavy (non-hydrogen) atoms. The van der Waals surface area contributed by atoms with Gasteiger partial charge in [0.2, 0.25) is 0 Å². The number of carbonyl (C=O) groups excluding carboxylic acids is 1. The number of aliphatic hydroxyl groups is 1. The number of ether oxygens (including phenoxy) is 1. The molecule has 1 fully saturated rings. The highest BCUT2D eigenvalue weighted by molar-refractivity contribution is 6.30. The van der Waals surface area contributed by atoms with E-state index in [2.05, 4.69) is 11.8 Å². The highest BCUT2D eigenvalue weighted by Crippen LogP contribution is 2.30. The van der Waals surface area contributed by atoms with E-state index in [1.165, 1.54) is 12.0 Å². The van der Waals surface area contributed by atoms with Crippen LogP contribution in [-0.4, -0.2) is 41.9 Å². The summed E-state index contributed by atoms with van der Waals surface area (Å²) in [5.74, 6) is 5.93. The van der Waals surface area contributed by atoms with Gasteiger partial charge >= 0.3 is 6.09 Å². The Hall–Kier alpha value is -1.70. The lowest BCUT2D eigenvalue weighted by molar-refractivity contribution is 0.0199. The number of benzene rings is 1. The van der Waals surface area contributed by atoms with E-state index in [-0.39, 0.29) is 6.04 Å². The normalized spacial score (nSPS) is 24.1. The summed E-state index contributed by atoms with van der Waals surface area (Å²) in [6.07, 6.45) is 2.29. The van der Waals surface area contributed by atoms with Gasteiger partial charge in [0, 0.05) is 30.1 Å². The minimum Gasteiger partial charge on any atom is -0.453 e. The molecule has 0 bridgehead atoms. The molecule has 1 N–H and O–H groups in total. The Kier molecular flexibility index (Phi) is 5.33. The summed E-state index contributed by atoms with van der Waals surface area (Å²) in [5.41, 5.74) is -0.322. The van der Waals surface area contributed by atoms with E-state index >= 15 is 0 Å². The first-order valence-electron chi connectivity index (χ1n) is 7.25. The van der Waals surface area contributed by atoms with Crippen molar-refractivity contribution in [1.29, 1.82) is 0 Å². The van der Waals surface area contributed by atoms with E-state index in [1.54, 1.807) is 19.2 Å². The number of amides is 1. The van der Waals surface area contributed by atoms with Gasteiger partial charge in [-0.25, -0.2) is 4.79 Å². The van der Waals surface area contributed by atoms with Gasteiger partial charge in [-0.3, -0.25) is 0 Å². The first-order chi connectivity index (χ1) is 10.4. The molecule has 0 aromatic heterocycles. The largest absolute Gasteiger partial charge is 0.453 e. The highest BCUT2D eigenvalue weighted by Gasteiger charge is 2.36. The van der Waals surface area contributed by atoms with E-state index < -0.39 is 11.7 Å². The summed E-state index contributed by atoms with van der Waals surface area (Å²) in [7, 11) is 3.04. The van der Waals surface area contributed by atoms with Crippen molar-refractivity contribution < 1.29 is 14.6 Å². The van der Waals surface area contributed by atoms with Gasteiger partial charge in [0.05, 0.1) is 7.11 Å². The van der Waals surface area contributed by atoms with Crippen molar-refractivity contribution >= 4 is 17.7 Å². The van der Waals surface area contributed by atoms with E-state index in [0.29, 0.717) is 17.9 Å². The summed E-state index contributed by atoms with van der Waals surface area (Å²) in [6.45, 7) is 0. The molecule has 1 amide bonds. The Morgan fingerprint density at radius 1 is 1.55 bits per heavy atom. The van der Waals surface area contributed by atoms with Crippen molar-refractivity contribution in [3.05, 3.63) is 34.9 Å².